The molecule has 0 bridgehead atoms. The Morgan fingerprint density at radius 1 is 1.62 bits per heavy atom. The zero-order chi connectivity index (χ0) is 10.3. The van der Waals surface area contributed by atoms with Gasteiger partial charge in [0.05, 0.1) is 12.1 Å². The van der Waals surface area contributed by atoms with Gasteiger partial charge in [0.25, 0.3) is 0 Å². The van der Waals surface area contributed by atoms with E-state index in [9.17, 15) is 4.79 Å². The van der Waals surface area contributed by atoms with E-state index in [0.29, 0.717) is 0 Å². The lowest BCUT2D eigenvalue weighted by Gasteiger charge is -2.23. The molecule has 3 heteroatoms. The number of hydrogen-bond acceptors (Lipinski definition) is 2. The number of aliphatic hydroxyl groups is 1. The zero-order valence-electron chi connectivity index (χ0n) is 8.85. The molecule has 13 heavy (non-hydrogen) atoms. The summed E-state index contributed by atoms with van der Waals surface area (Å²) < 4.78 is 0. The van der Waals surface area contributed by atoms with Crippen molar-refractivity contribution in [2.45, 2.75) is 39.7 Å². The van der Waals surface area contributed by atoms with Crippen molar-refractivity contribution in [3.05, 3.63) is 0 Å². The van der Waals surface area contributed by atoms with Crippen LogP contribution in [0.4, 0.5) is 0 Å². The van der Waals surface area contributed by atoms with Crippen molar-refractivity contribution >= 4 is 5.91 Å². The molecule has 0 aliphatic heterocycles. The number of amides is 1. The first kappa shape index (κ1) is 10.5. The van der Waals surface area contributed by atoms with Gasteiger partial charge in [-0.2, -0.15) is 0 Å². The molecule has 0 aromatic heterocycles. The number of hydrogen-bond donors (Lipinski definition) is 2. The molecule has 0 radical (unpaired) electrons. The fraction of sp³-hybridized carbons (Fsp3) is 0.900. The molecule has 1 amide bonds. The first-order valence-electron chi connectivity index (χ1n) is 4.71. The largest absolute Gasteiger partial charge is 0.394 e. The van der Waals surface area contributed by atoms with Crippen LogP contribution in [0, 0.1) is 11.3 Å². The zero-order valence-corrected chi connectivity index (χ0v) is 8.85. The molecule has 1 aliphatic rings. The minimum absolute atomic E-state index is 0.0219. The summed E-state index contributed by atoms with van der Waals surface area (Å²) in [4.78, 5) is 11.6. The van der Waals surface area contributed by atoms with Crippen LogP contribution >= 0.6 is 0 Å². The molecule has 0 unspecified atom stereocenters. The SMILES string of the molecule is CC(C)(CO)NC(=O)[C@H]1CC1(C)C. The lowest BCUT2D eigenvalue weighted by molar-refractivity contribution is -0.125. The number of aliphatic hydroxyl groups excluding tert-OH is 1. The van der Waals surface area contributed by atoms with E-state index in [1.54, 1.807) is 0 Å². The monoisotopic (exact) mass is 185 g/mol. The van der Waals surface area contributed by atoms with E-state index in [-0.39, 0.29) is 23.8 Å². The van der Waals surface area contributed by atoms with Crippen LogP contribution in [-0.2, 0) is 4.79 Å². The number of rotatable bonds is 3. The van der Waals surface area contributed by atoms with Gasteiger partial charge in [-0.15, -0.1) is 0 Å². The van der Waals surface area contributed by atoms with Gasteiger partial charge in [0.15, 0.2) is 0 Å². The second-order valence-corrected chi connectivity index (χ2v) is 5.28. The normalized spacial score (nSPS) is 25.5. The van der Waals surface area contributed by atoms with Crippen molar-refractivity contribution in [1.29, 1.82) is 0 Å². The maximum absolute atomic E-state index is 11.6. The van der Waals surface area contributed by atoms with Gasteiger partial charge in [0.1, 0.15) is 0 Å². The van der Waals surface area contributed by atoms with Crippen LogP contribution in [0.1, 0.15) is 34.1 Å². The van der Waals surface area contributed by atoms with E-state index >= 15 is 0 Å². The average Bonchev–Trinajstić information content (AvgIpc) is 2.59. The lowest BCUT2D eigenvalue weighted by atomic mass is 10.1. The average molecular weight is 185 g/mol. The highest BCUT2D eigenvalue weighted by atomic mass is 16.3. The van der Waals surface area contributed by atoms with Crippen LogP contribution < -0.4 is 5.32 Å². The van der Waals surface area contributed by atoms with Crippen molar-refractivity contribution in [2.24, 2.45) is 11.3 Å². The Morgan fingerprint density at radius 2 is 2.08 bits per heavy atom. The Bertz CT molecular complexity index is 221. The molecule has 0 saturated heterocycles. The van der Waals surface area contributed by atoms with E-state index in [1.165, 1.54) is 0 Å². The summed E-state index contributed by atoms with van der Waals surface area (Å²) in [6.07, 6.45) is 0.959. The highest BCUT2D eigenvalue weighted by Crippen LogP contribution is 2.51. The van der Waals surface area contributed by atoms with Crippen molar-refractivity contribution in [2.75, 3.05) is 6.61 Å². The standard InChI is InChI=1S/C10H19NO2/c1-9(2)5-7(9)8(13)11-10(3,4)6-12/h7,12H,5-6H2,1-4H3,(H,11,13)/t7-/m1/s1. The van der Waals surface area contributed by atoms with E-state index < -0.39 is 5.54 Å². The maximum Gasteiger partial charge on any atom is 0.224 e. The van der Waals surface area contributed by atoms with Crippen molar-refractivity contribution in [3.8, 4) is 0 Å². The molecule has 1 saturated carbocycles. The van der Waals surface area contributed by atoms with Gasteiger partial charge in [-0.3, -0.25) is 4.79 Å². The predicted octanol–water partition coefficient (Wildman–Crippen LogP) is 0.920. The van der Waals surface area contributed by atoms with Crippen LogP contribution in [0.3, 0.4) is 0 Å². The summed E-state index contributed by atoms with van der Waals surface area (Å²) >= 11 is 0. The molecular formula is C10H19NO2. The predicted molar refractivity (Wildman–Crippen MR) is 51.2 cm³/mol. The second-order valence-electron chi connectivity index (χ2n) is 5.28. The van der Waals surface area contributed by atoms with Gasteiger partial charge < -0.3 is 10.4 Å². The summed E-state index contributed by atoms with van der Waals surface area (Å²) in [6, 6.07) is 0. The summed E-state index contributed by atoms with van der Waals surface area (Å²) in [5, 5.41) is 11.8. The molecule has 3 nitrogen and oxygen atoms in total. The molecule has 76 valence electrons. The van der Waals surface area contributed by atoms with Crippen LogP contribution in [0.2, 0.25) is 0 Å². The highest BCUT2D eigenvalue weighted by Gasteiger charge is 2.51. The fourth-order valence-corrected chi connectivity index (χ4v) is 1.37. The number of nitrogens with one attached hydrogen (secondary N) is 1. The van der Waals surface area contributed by atoms with Gasteiger partial charge in [-0.05, 0) is 25.7 Å². The van der Waals surface area contributed by atoms with E-state index in [0.717, 1.165) is 6.42 Å². The Labute approximate surface area is 79.5 Å². The van der Waals surface area contributed by atoms with E-state index in [1.807, 2.05) is 13.8 Å². The Hall–Kier alpha value is -0.570. The van der Waals surface area contributed by atoms with Gasteiger partial charge in [0.2, 0.25) is 5.91 Å². The van der Waals surface area contributed by atoms with Gasteiger partial charge in [-0.25, -0.2) is 0 Å². The molecule has 1 rings (SSSR count). The molecule has 1 atom stereocenters. The molecule has 2 N–H and O–H groups in total. The highest BCUT2D eigenvalue weighted by molar-refractivity contribution is 5.83. The Kier molecular flexibility index (Phi) is 2.41. The summed E-state index contributed by atoms with van der Waals surface area (Å²) in [6.45, 7) is 7.79. The topological polar surface area (TPSA) is 49.3 Å². The number of carbonyl (C=O) groups excluding carboxylic acids is 1. The third-order valence-corrected chi connectivity index (χ3v) is 2.69. The quantitative estimate of drug-likeness (QED) is 0.687. The third-order valence-electron chi connectivity index (χ3n) is 2.69. The van der Waals surface area contributed by atoms with Crippen molar-refractivity contribution < 1.29 is 9.90 Å². The van der Waals surface area contributed by atoms with Crippen LogP contribution in [0.5, 0.6) is 0 Å². The Morgan fingerprint density at radius 3 is 2.38 bits per heavy atom. The van der Waals surface area contributed by atoms with Gasteiger partial charge in [-0.1, -0.05) is 13.8 Å². The van der Waals surface area contributed by atoms with E-state index in [2.05, 4.69) is 19.2 Å². The van der Waals surface area contributed by atoms with Crippen LogP contribution in [-0.4, -0.2) is 23.2 Å². The third kappa shape index (κ3) is 2.44. The molecular weight excluding hydrogens is 166 g/mol. The Balaban J connectivity index is 2.44. The summed E-state index contributed by atoms with van der Waals surface area (Å²) in [5.74, 6) is 0.211. The molecule has 0 heterocycles. The lowest BCUT2D eigenvalue weighted by Crippen LogP contribution is -2.47. The fourth-order valence-electron chi connectivity index (χ4n) is 1.37. The van der Waals surface area contributed by atoms with Crippen molar-refractivity contribution in [3.63, 3.8) is 0 Å². The van der Waals surface area contributed by atoms with E-state index in [4.69, 9.17) is 5.11 Å². The maximum atomic E-state index is 11.6. The minimum atomic E-state index is -0.490. The molecule has 0 aromatic rings. The van der Waals surface area contributed by atoms with Crippen molar-refractivity contribution in [1.82, 2.24) is 5.32 Å². The molecule has 1 aliphatic carbocycles. The molecule has 1 fully saturated rings. The summed E-state index contributed by atoms with van der Waals surface area (Å²) in [5.41, 5.74) is -0.328. The van der Waals surface area contributed by atoms with Gasteiger partial charge in [0, 0.05) is 5.92 Å². The second kappa shape index (κ2) is 2.98. The van der Waals surface area contributed by atoms with Gasteiger partial charge >= 0.3 is 0 Å². The first-order valence-corrected chi connectivity index (χ1v) is 4.71. The number of carbonyl (C=O) groups is 1. The molecule has 0 spiro atoms. The smallest absolute Gasteiger partial charge is 0.224 e. The first-order chi connectivity index (χ1) is 5.78. The molecule has 0 aromatic carbocycles. The van der Waals surface area contributed by atoms with Crippen LogP contribution in [0.25, 0.3) is 0 Å². The minimum Gasteiger partial charge on any atom is -0.394 e. The summed E-state index contributed by atoms with van der Waals surface area (Å²) in [7, 11) is 0. The van der Waals surface area contributed by atoms with Crippen LogP contribution in [0.15, 0.2) is 0 Å².